The molecule has 0 saturated carbocycles. The molecular weight excluding hydrogens is 380 g/mol. The molecule has 140 valence electrons. The van der Waals surface area contributed by atoms with Crippen molar-refractivity contribution in [1.29, 1.82) is 0 Å². The summed E-state index contributed by atoms with van der Waals surface area (Å²) in [5.74, 6) is 0.616. The predicted octanol–water partition coefficient (Wildman–Crippen LogP) is 5.08. The minimum Gasteiger partial charge on any atom is -0.325 e. The van der Waals surface area contributed by atoms with Gasteiger partial charge in [-0.3, -0.25) is 9.36 Å². The van der Waals surface area contributed by atoms with E-state index in [9.17, 15) is 4.79 Å². The number of carbonyl (C=O) groups is 1. The molecule has 0 aliphatic carbocycles. The van der Waals surface area contributed by atoms with Crippen LogP contribution < -0.4 is 5.32 Å². The molecule has 0 radical (unpaired) electrons. The summed E-state index contributed by atoms with van der Waals surface area (Å²) in [6.45, 7) is 6.23. The summed E-state index contributed by atoms with van der Waals surface area (Å²) in [4.78, 5) is 12.3. The number of halogens is 1. The molecule has 2 aromatic carbocycles. The zero-order chi connectivity index (χ0) is 19.4. The quantitative estimate of drug-likeness (QED) is 0.586. The third-order valence-corrected chi connectivity index (χ3v) is 5.49. The summed E-state index contributed by atoms with van der Waals surface area (Å²) in [5, 5.41) is 12.3. The van der Waals surface area contributed by atoms with Gasteiger partial charge in [0, 0.05) is 10.7 Å². The first-order valence-electron chi connectivity index (χ1n) is 8.63. The fourth-order valence-corrected chi connectivity index (χ4v) is 3.41. The van der Waals surface area contributed by atoms with Gasteiger partial charge in [-0.05, 0) is 48.2 Å². The Hall–Kier alpha value is -2.31. The molecule has 0 bridgehead atoms. The lowest BCUT2D eigenvalue weighted by Gasteiger charge is -2.09. The molecule has 27 heavy (non-hydrogen) atoms. The van der Waals surface area contributed by atoms with Crippen LogP contribution in [0.4, 0.5) is 5.69 Å². The van der Waals surface area contributed by atoms with Gasteiger partial charge in [0.25, 0.3) is 0 Å². The SMILES string of the molecule is Cc1ccc(-n2cnnc2SCC(=O)Nc2ccc(C(C)C)cc2)cc1Cl. The van der Waals surface area contributed by atoms with Gasteiger partial charge in [-0.25, -0.2) is 0 Å². The van der Waals surface area contributed by atoms with Gasteiger partial charge >= 0.3 is 0 Å². The number of amides is 1. The van der Waals surface area contributed by atoms with Crippen LogP contribution in [0.5, 0.6) is 0 Å². The van der Waals surface area contributed by atoms with E-state index >= 15 is 0 Å². The van der Waals surface area contributed by atoms with Crippen LogP contribution in [0.15, 0.2) is 53.9 Å². The molecule has 1 amide bonds. The van der Waals surface area contributed by atoms with Gasteiger partial charge in [0.2, 0.25) is 5.91 Å². The largest absolute Gasteiger partial charge is 0.325 e. The molecule has 0 spiro atoms. The van der Waals surface area contributed by atoms with Crippen molar-refractivity contribution in [2.24, 2.45) is 0 Å². The van der Waals surface area contributed by atoms with Gasteiger partial charge in [0.1, 0.15) is 6.33 Å². The first-order chi connectivity index (χ1) is 12.9. The summed E-state index contributed by atoms with van der Waals surface area (Å²) in [6.07, 6.45) is 1.62. The number of hydrogen-bond acceptors (Lipinski definition) is 4. The van der Waals surface area contributed by atoms with Crippen LogP contribution in [0.2, 0.25) is 5.02 Å². The van der Waals surface area contributed by atoms with Crippen molar-refractivity contribution in [3.8, 4) is 5.69 Å². The minimum absolute atomic E-state index is 0.0891. The Labute approximate surface area is 168 Å². The lowest BCUT2D eigenvalue weighted by molar-refractivity contribution is -0.113. The number of aryl methyl sites for hydroxylation is 1. The number of nitrogens with one attached hydrogen (secondary N) is 1. The van der Waals surface area contributed by atoms with Crippen LogP contribution in [-0.2, 0) is 4.79 Å². The minimum atomic E-state index is -0.0891. The second-order valence-corrected chi connectivity index (χ2v) is 7.88. The zero-order valence-corrected chi connectivity index (χ0v) is 17.0. The fourth-order valence-electron chi connectivity index (χ4n) is 2.51. The molecule has 3 rings (SSSR count). The molecule has 0 aliphatic rings. The van der Waals surface area contributed by atoms with E-state index in [1.165, 1.54) is 17.3 Å². The van der Waals surface area contributed by atoms with Crippen molar-refractivity contribution in [2.75, 3.05) is 11.1 Å². The molecule has 5 nitrogen and oxygen atoms in total. The number of carbonyl (C=O) groups excluding carboxylic acids is 1. The second-order valence-electron chi connectivity index (χ2n) is 6.53. The van der Waals surface area contributed by atoms with Gasteiger partial charge in [-0.2, -0.15) is 0 Å². The lowest BCUT2D eigenvalue weighted by Crippen LogP contribution is -2.14. The van der Waals surface area contributed by atoms with Crippen LogP contribution in [0.1, 0.15) is 30.9 Å². The van der Waals surface area contributed by atoms with E-state index in [1.54, 1.807) is 6.33 Å². The lowest BCUT2D eigenvalue weighted by atomic mass is 10.0. The molecule has 1 aromatic heterocycles. The maximum Gasteiger partial charge on any atom is 0.234 e. The third kappa shape index (κ3) is 4.90. The van der Waals surface area contributed by atoms with E-state index in [4.69, 9.17) is 11.6 Å². The van der Waals surface area contributed by atoms with E-state index < -0.39 is 0 Å². The van der Waals surface area contributed by atoms with Crippen molar-refractivity contribution in [3.63, 3.8) is 0 Å². The van der Waals surface area contributed by atoms with Gasteiger partial charge in [0.15, 0.2) is 5.16 Å². The van der Waals surface area contributed by atoms with E-state index in [2.05, 4.69) is 29.4 Å². The summed E-state index contributed by atoms with van der Waals surface area (Å²) >= 11 is 7.53. The first kappa shape index (κ1) is 19.5. The Morgan fingerprint density at radius 3 is 2.63 bits per heavy atom. The highest BCUT2D eigenvalue weighted by molar-refractivity contribution is 7.99. The van der Waals surface area contributed by atoms with Crippen molar-refractivity contribution >= 4 is 35.0 Å². The summed E-state index contributed by atoms with van der Waals surface area (Å²) in [6, 6.07) is 13.7. The van der Waals surface area contributed by atoms with Crippen LogP contribution in [0, 0.1) is 6.92 Å². The molecule has 7 heteroatoms. The summed E-state index contributed by atoms with van der Waals surface area (Å²) in [5.41, 5.74) is 3.90. The number of nitrogens with zero attached hydrogens (tertiary/aromatic N) is 3. The Morgan fingerprint density at radius 1 is 1.22 bits per heavy atom. The average Bonchev–Trinajstić information content (AvgIpc) is 3.11. The number of rotatable bonds is 6. The second kappa shape index (κ2) is 8.59. The van der Waals surface area contributed by atoms with E-state index in [0.717, 1.165) is 16.9 Å². The number of thioether (sulfide) groups is 1. The maximum atomic E-state index is 12.3. The van der Waals surface area contributed by atoms with Gasteiger partial charge in [-0.1, -0.05) is 55.4 Å². The first-order valence-corrected chi connectivity index (χ1v) is 9.99. The topological polar surface area (TPSA) is 59.8 Å². The highest BCUT2D eigenvalue weighted by atomic mass is 35.5. The normalized spacial score (nSPS) is 11.0. The molecule has 3 aromatic rings. The van der Waals surface area contributed by atoms with Gasteiger partial charge in [0.05, 0.1) is 11.4 Å². The average molecular weight is 401 g/mol. The standard InChI is InChI=1S/C20H21ClN4OS/c1-13(2)15-5-7-16(8-6-15)23-19(26)11-27-20-24-22-12-25(20)17-9-4-14(3)18(21)10-17/h4-10,12-13H,11H2,1-3H3,(H,23,26). The monoisotopic (exact) mass is 400 g/mol. The Bertz CT molecular complexity index is 937. The smallest absolute Gasteiger partial charge is 0.234 e. The molecule has 0 saturated heterocycles. The molecule has 0 fully saturated rings. The predicted molar refractivity (Wildman–Crippen MR) is 111 cm³/mol. The number of benzene rings is 2. The summed E-state index contributed by atoms with van der Waals surface area (Å²) in [7, 11) is 0. The fraction of sp³-hybridized carbons (Fsp3) is 0.250. The summed E-state index contributed by atoms with van der Waals surface area (Å²) < 4.78 is 1.82. The van der Waals surface area contributed by atoms with Gasteiger partial charge < -0.3 is 5.32 Å². The highest BCUT2D eigenvalue weighted by Crippen LogP contribution is 2.24. The maximum absolute atomic E-state index is 12.3. The van der Waals surface area contributed by atoms with Crippen molar-refractivity contribution < 1.29 is 4.79 Å². The molecule has 1 N–H and O–H groups in total. The molecule has 1 heterocycles. The van der Waals surface area contributed by atoms with Gasteiger partial charge in [-0.15, -0.1) is 10.2 Å². The molecule has 0 unspecified atom stereocenters. The van der Waals surface area contributed by atoms with Crippen LogP contribution in [0.25, 0.3) is 5.69 Å². The molecule has 0 aliphatic heterocycles. The Balaban J connectivity index is 1.62. The molecule has 0 atom stereocenters. The van der Waals surface area contributed by atoms with E-state index in [-0.39, 0.29) is 11.7 Å². The number of aromatic nitrogens is 3. The van der Waals surface area contributed by atoms with Crippen molar-refractivity contribution in [1.82, 2.24) is 14.8 Å². The van der Waals surface area contributed by atoms with E-state index in [0.29, 0.717) is 16.1 Å². The Morgan fingerprint density at radius 2 is 1.96 bits per heavy atom. The number of hydrogen-bond donors (Lipinski definition) is 1. The zero-order valence-electron chi connectivity index (χ0n) is 15.4. The van der Waals surface area contributed by atoms with Crippen LogP contribution >= 0.6 is 23.4 Å². The third-order valence-electron chi connectivity index (χ3n) is 4.14. The van der Waals surface area contributed by atoms with Crippen molar-refractivity contribution in [2.45, 2.75) is 31.8 Å². The Kier molecular flexibility index (Phi) is 6.19. The number of anilines is 1. The van der Waals surface area contributed by atoms with Crippen LogP contribution in [-0.4, -0.2) is 26.4 Å². The highest BCUT2D eigenvalue weighted by Gasteiger charge is 2.11. The van der Waals surface area contributed by atoms with Crippen LogP contribution in [0.3, 0.4) is 0 Å². The van der Waals surface area contributed by atoms with E-state index in [1.807, 2.05) is 54.0 Å². The molecular formula is C20H21ClN4OS. The van der Waals surface area contributed by atoms with Crippen molar-refractivity contribution in [3.05, 3.63) is 64.9 Å².